The highest BCUT2D eigenvalue weighted by Crippen LogP contribution is 2.08. The highest BCUT2D eigenvalue weighted by atomic mass is 16.4. The normalized spacial score (nSPS) is 15.0. The van der Waals surface area contributed by atoms with E-state index in [2.05, 4.69) is 16.0 Å². The van der Waals surface area contributed by atoms with Gasteiger partial charge in [0.2, 0.25) is 17.7 Å². The van der Waals surface area contributed by atoms with E-state index < -0.39 is 60.6 Å². The molecule has 0 saturated carbocycles. The second kappa shape index (κ2) is 13.9. The standard InChI is InChI=1S/C25H32N4O7/c1-15(31)21(25(35)36)29-24(34)20(13-17-10-6-3-7-11-17)28-23(33)19(27-22(32)18(26)14-30)12-16-8-4-2-5-9-16/h2-11,15,18-21,30-31H,12-14,26H2,1H3,(H,27,32)(H,28,33)(H,29,34)(H,35,36). The Kier molecular flexibility index (Phi) is 11.0. The van der Waals surface area contributed by atoms with Gasteiger partial charge in [-0.1, -0.05) is 60.7 Å². The summed E-state index contributed by atoms with van der Waals surface area (Å²) in [5, 5.41) is 35.6. The molecule has 2 rings (SSSR count). The van der Waals surface area contributed by atoms with Gasteiger partial charge >= 0.3 is 5.97 Å². The number of carbonyl (C=O) groups is 4. The molecule has 194 valence electrons. The summed E-state index contributed by atoms with van der Waals surface area (Å²) in [6.07, 6.45) is -1.29. The van der Waals surface area contributed by atoms with Gasteiger partial charge in [0.05, 0.1) is 12.7 Å². The number of aliphatic hydroxyl groups excluding tert-OH is 2. The Hall–Kier alpha value is -3.80. The Morgan fingerprint density at radius 2 is 1.19 bits per heavy atom. The summed E-state index contributed by atoms with van der Waals surface area (Å²) in [5.74, 6) is -3.72. The number of aliphatic carboxylic acids is 1. The van der Waals surface area contributed by atoms with E-state index in [0.717, 1.165) is 5.56 Å². The molecule has 0 aliphatic heterocycles. The number of amides is 3. The smallest absolute Gasteiger partial charge is 0.328 e. The lowest BCUT2D eigenvalue weighted by atomic mass is 10.0. The van der Waals surface area contributed by atoms with Crippen LogP contribution in [0.4, 0.5) is 0 Å². The maximum Gasteiger partial charge on any atom is 0.328 e. The minimum Gasteiger partial charge on any atom is -0.480 e. The van der Waals surface area contributed by atoms with Crippen LogP contribution in [0, 0.1) is 0 Å². The molecule has 0 aliphatic rings. The molecule has 0 heterocycles. The number of carboxylic acid groups (broad SMARTS) is 1. The Bertz CT molecular complexity index is 1020. The fraction of sp³-hybridized carbons (Fsp3) is 0.360. The molecule has 0 bridgehead atoms. The first kappa shape index (κ1) is 28.4. The Balaban J connectivity index is 2.29. The van der Waals surface area contributed by atoms with E-state index in [4.69, 9.17) is 5.73 Å². The molecule has 0 radical (unpaired) electrons. The lowest BCUT2D eigenvalue weighted by Gasteiger charge is -2.26. The highest BCUT2D eigenvalue weighted by Gasteiger charge is 2.32. The highest BCUT2D eigenvalue weighted by molar-refractivity contribution is 5.94. The van der Waals surface area contributed by atoms with Crippen molar-refractivity contribution in [2.75, 3.05) is 6.61 Å². The van der Waals surface area contributed by atoms with E-state index in [0.29, 0.717) is 5.56 Å². The zero-order valence-electron chi connectivity index (χ0n) is 19.8. The largest absolute Gasteiger partial charge is 0.480 e. The van der Waals surface area contributed by atoms with Gasteiger partial charge in [0.15, 0.2) is 6.04 Å². The number of hydrogen-bond acceptors (Lipinski definition) is 7. The van der Waals surface area contributed by atoms with Crippen LogP contribution >= 0.6 is 0 Å². The van der Waals surface area contributed by atoms with Crippen molar-refractivity contribution < 1.29 is 34.5 Å². The fourth-order valence-corrected chi connectivity index (χ4v) is 3.39. The Morgan fingerprint density at radius 1 is 0.778 bits per heavy atom. The number of benzene rings is 2. The number of carbonyl (C=O) groups excluding carboxylic acids is 3. The summed E-state index contributed by atoms with van der Waals surface area (Å²) >= 11 is 0. The summed E-state index contributed by atoms with van der Waals surface area (Å²) in [5.41, 5.74) is 6.99. The third-order valence-corrected chi connectivity index (χ3v) is 5.41. The van der Waals surface area contributed by atoms with Gasteiger partial charge < -0.3 is 37.0 Å². The lowest BCUT2D eigenvalue weighted by molar-refractivity contribution is -0.145. The van der Waals surface area contributed by atoms with Crippen molar-refractivity contribution in [2.45, 2.75) is 50.0 Å². The predicted molar refractivity (Wildman–Crippen MR) is 130 cm³/mol. The van der Waals surface area contributed by atoms with Gasteiger partial charge in [0.1, 0.15) is 18.1 Å². The Labute approximate surface area is 208 Å². The number of aliphatic hydroxyl groups is 2. The van der Waals surface area contributed by atoms with Crippen molar-refractivity contribution in [1.82, 2.24) is 16.0 Å². The van der Waals surface area contributed by atoms with Crippen molar-refractivity contribution in [3.8, 4) is 0 Å². The van der Waals surface area contributed by atoms with Crippen molar-refractivity contribution in [3.05, 3.63) is 71.8 Å². The lowest BCUT2D eigenvalue weighted by Crippen LogP contribution is -2.59. The average Bonchev–Trinajstić information content (AvgIpc) is 2.86. The molecule has 0 spiro atoms. The number of carboxylic acids is 1. The minimum absolute atomic E-state index is 0.0206. The molecule has 2 aromatic rings. The minimum atomic E-state index is -1.59. The van der Waals surface area contributed by atoms with E-state index >= 15 is 0 Å². The summed E-state index contributed by atoms with van der Waals surface area (Å²) in [7, 11) is 0. The monoisotopic (exact) mass is 500 g/mol. The van der Waals surface area contributed by atoms with Gasteiger partial charge in [-0.3, -0.25) is 14.4 Å². The summed E-state index contributed by atoms with van der Waals surface area (Å²) < 4.78 is 0. The van der Waals surface area contributed by atoms with Gasteiger partial charge in [0.25, 0.3) is 0 Å². The van der Waals surface area contributed by atoms with E-state index in [-0.39, 0.29) is 12.8 Å². The summed E-state index contributed by atoms with van der Waals surface area (Å²) in [6.45, 7) is 0.597. The van der Waals surface area contributed by atoms with Gasteiger partial charge in [-0.05, 0) is 18.1 Å². The number of nitrogens with one attached hydrogen (secondary N) is 3. The first-order valence-corrected chi connectivity index (χ1v) is 11.4. The van der Waals surface area contributed by atoms with Crippen molar-refractivity contribution in [3.63, 3.8) is 0 Å². The van der Waals surface area contributed by atoms with Gasteiger partial charge in [-0.15, -0.1) is 0 Å². The Morgan fingerprint density at radius 3 is 1.58 bits per heavy atom. The van der Waals surface area contributed by atoms with E-state index in [1.807, 2.05) is 0 Å². The maximum absolute atomic E-state index is 13.3. The van der Waals surface area contributed by atoms with Crippen LogP contribution in [-0.4, -0.2) is 75.9 Å². The molecule has 11 heteroatoms. The van der Waals surface area contributed by atoms with Crippen LogP contribution in [0.2, 0.25) is 0 Å². The quantitative estimate of drug-likeness (QED) is 0.177. The molecule has 0 saturated heterocycles. The molecule has 0 aliphatic carbocycles. The molecule has 8 N–H and O–H groups in total. The molecular weight excluding hydrogens is 468 g/mol. The topological polar surface area (TPSA) is 191 Å². The maximum atomic E-state index is 13.3. The SMILES string of the molecule is CC(O)C(NC(=O)C(Cc1ccccc1)NC(=O)C(Cc1ccccc1)NC(=O)C(N)CO)C(=O)O. The van der Waals surface area contributed by atoms with Crippen molar-refractivity contribution in [2.24, 2.45) is 5.73 Å². The number of hydrogen-bond donors (Lipinski definition) is 7. The molecule has 5 atom stereocenters. The van der Waals surface area contributed by atoms with E-state index in [9.17, 15) is 34.5 Å². The van der Waals surface area contributed by atoms with Crippen LogP contribution in [0.25, 0.3) is 0 Å². The fourth-order valence-electron chi connectivity index (χ4n) is 3.39. The first-order valence-electron chi connectivity index (χ1n) is 11.4. The zero-order valence-corrected chi connectivity index (χ0v) is 19.8. The van der Waals surface area contributed by atoms with Crippen LogP contribution in [0.3, 0.4) is 0 Å². The zero-order chi connectivity index (χ0) is 26.7. The summed E-state index contributed by atoms with van der Waals surface area (Å²) in [4.78, 5) is 50.1. The van der Waals surface area contributed by atoms with Crippen LogP contribution in [0.5, 0.6) is 0 Å². The summed E-state index contributed by atoms with van der Waals surface area (Å²) in [6, 6.07) is 12.4. The number of nitrogens with two attached hydrogens (primary N) is 1. The van der Waals surface area contributed by atoms with Crippen LogP contribution < -0.4 is 21.7 Å². The van der Waals surface area contributed by atoms with Gasteiger partial charge in [-0.2, -0.15) is 0 Å². The second-order valence-electron chi connectivity index (χ2n) is 8.36. The van der Waals surface area contributed by atoms with Crippen molar-refractivity contribution >= 4 is 23.7 Å². The molecule has 5 unspecified atom stereocenters. The number of rotatable bonds is 13. The molecule has 0 aromatic heterocycles. The molecule has 0 fully saturated rings. The van der Waals surface area contributed by atoms with E-state index in [1.165, 1.54) is 6.92 Å². The van der Waals surface area contributed by atoms with Gasteiger partial charge in [-0.25, -0.2) is 4.79 Å². The molecule has 11 nitrogen and oxygen atoms in total. The van der Waals surface area contributed by atoms with Crippen molar-refractivity contribution in [1.29, 1.82) is 0 Å². The molecule has 2 aromatic carbocycles. The third-order valence-electron chi connectivity index (χ3n) is 5.41. The predicted octanol–water partition coefficient (Wildman–Crippen LogP) is -1.29. The van der Waals surface area contributed by atoms with Crippen LogP contribution in [0.1, 0.15) is 18.1 Å². The third kappa shape index (κ3) is 8.77. The van der Waals surface area contributed by atoms with E-state index in [1.54, 1.807) is 60.7 Å². The molecular formula is C25H32N4O7. The van der Waals surface area contributed by atoms with Crippen LogP contribution in [0.15, 0.2) is 60.7 Å². The molecule has 3 amide bonds. The van der Waals surface area contributed by atoms with Gasteiger partial charge in [0, 0.05) is 12.8 Å². The molecule has 36 heavy (non-hydrogen) atoms. The van der Waals surface area contributed by atoms with Crippen LogP contribution in [-0.2, 0) is 32.0 Å². The average molecular weight is 501 g/mol. The second-order valence-corrected chi connectivity index (χ2v) is 8.36. The first-order chi connectivity index (χ1) is 17.1.